The summed E-state index contributed by atoms with van der Waals surface area (Å²) < 4.78 is 5.30. The second kappa shape index (κ2) is 3.13. The molecule has 70 valence electrons. The number of rotatable bonds is 2. The summed E-state index contributed by atoms with van der Waals surface area (Å²) in [6.45, 7) is 2.45. The molecule has 1 saturated heterocycles. The highest BCUT2D eigenvalue weighted by Crippen LogP contribution is 2.37. The predicted octanol–water partition coefficient (Wildman–Crippen LogP) is 1.68. The van der Waals surface area contributed by atoms with Crippen molar-refractivity contribution in [2.24, 2.45) is 0 Å². The standard InChI is InChI=1S/C11H14O2/c1-2-10-11(12,8-13-10)9-6-4-3-5-7-9/h3-7,10,12H,2,8H2,1H3. The largest absolute Gasteiger partial charge is 0.380 e. The van der Waals surface area contributed by atoms with Crippen molar-refractivity contribution in [1.82, 2.24) is 0 Å². The van der Waals surface area contributed by atoms with Gasteiger partial charge in [-0.2, -0.15) is 0 Å². The molecule has 1 aromatic rings. The normalized spacial score (nSPS) is 32.6. The van der Waals surface area contributed by atoms with Gasteiger partial charge in [-0.25, -0.2) is 0 Å². The first-order valence-corrected chi connectivity index (χ1v) is 4.67. The lowest BCUT2D eigenvalue weighted by Crippen LogP contribution is -2.55. The molecular weight excluding hydrogens is 164 g/mol. The smallest absolute Gasteiger partial charge is 0.139 e. The van der Waals surface area contributed by atoms with E-state index in [1.807, 2.05) is 37.3 Å². The molecule has 0 aromatic heterocycles. The van der Waals surface area contributed by atoms with Gasteiger partial charge in [-0.1, -0.05) is 37.3 Å². The van der Waals surface area contributed by atoms with Crippen LogP contribution in [0.25, 0.3) is 0 Å². The fraction of sp³-hybridized carbons (Fsp3) is 0.455. The maximum atomic E-state index is 10.2. The summed E-state index contributed by atoms with van der Waals surface area (Å²) in [4.78, 5) is 0. The third-order valence-corrected chi connectivity index (χ3v) is 2.68. The predicted molar refractivity (Wildman–Crippen MR) is 50.4 cm³/mol. The van der Waals surface area contributed by atoms with Crippen LogP contribution in [-0.2, 0) is 10.3 Å². The van der Waals surface area contributed by atoms with E-state index in [-0.39, 0.29) is 6.10 Å². The molecule has 1 aliphatic heterocycles. The molecule has 1 N–H and O–H groups in total. The molecule has 1 aromatic carbocycles. The van der Waals surface area contributed by atoms with Gasteiger partial charge in [-0.3, -0.25) is 0 Å². The van der Waals surface area contributed by atoms with E-state index >= 15 is 0 Å². The van der Waals surface area contributed by atoms with Crippen molar-refractivity contribution in [3.05, 3.63) is 35.9 Å². The zero-order valence-corrected chi connectivity index (χ0v) is 7.73. The summed E-state index contributed by atoms with van der Waals surface area (Å²) in [6, 6.07) is 9.74. The molecule has 13 heavy (non-hydrogen) atoms. The number of ether oxygens (including phenoxy) is 1. The van der Waals surface area contributed by atoms with Crippen LogP contribution in [0.4, 0.5) is 0 Å². The Morgan fingerprint density at radius 1 is 1.46 bits per heavy atom. The Hall–Kier alpha value is -0.860. The zero-order valence-electron chi connectivity index (χ0n) is 7.73. The van der Waals surface area contributed by atoms with Crippen molar-refractivity contribution in [2.75, 3.05) is 6.61 Å². The van der Waals surface area contributed by atoms with Crippen LogP contribution in [0.3, 0.4) is 0 Å². The third-order valence-electron chi connectivity index (χ3n) is 2.68. The molecule has 0 radical (unpaired) electrons. The summed E-state index contributed by atoms with van der Waals surface area (Å²) in [5, 5.41) is 10.2. The monoisotopic (exact) mass is 178 g/mol. The van der Waals surface area contributed by atoms with Crippen LogP contribution in [0.2, 0.25) is 0 Å². The molecule has 1 heterocycles. The molecule has 2 rings (SSSR count). The van der Waals surface area contributed by atoms with Gasteiger partial charge in [0.15, 0.2) is 0 Å². The molecular formula is C11H14O2. The minimum atomic E-state index is -0.740. The fourth-order valence-corrected chi connectivity index (χ4v) is 1.81. The summed E-state index contributed by atoms with van der Waals surface area (Å²) >= 11 is 0. The van der Waals surface area contributed by atoms with Crippen molar-refractivity contribution < 1.29 is 9.84 Å². The van der Waals surface area contributed by atoms with Crippen LogP contribution in [0.1, 0.15) is 18.9 Å². The number of aliphatic hydroxyl groups is 1. The highest BCUT2D eigenvalue weighted by atomic mass is 16.6. The fourth-order valence-electron chi connectivity index (χ4n) is 1.81. The SMILES string of the molecule is CCC1OCC1(O)c1ccccc1. The van der Waals surface area contributed by atoms with Crippen LogP contribution in [0, 0.1) is 0 Å². The Morgan fingerprint density at radius 3 is 2.62 bits per heavy atom. The molecule has 0 saturated carbocycles. The van der Waals surface area contributed by atoms with Crippen molar-refractivity contribution in [1.29, 1.82) is 0 Å². The van der Waals surface area contributed by atoms with Gasteiger partial charge in [0.2, 0.25) is 0 Å². The number of benzene rings is 1. The van der Waals surface area contributed by atoms with Crippen molar-refractivity contribution >= 4 is 0 Å². The number of hydrogen-bond acceptors (Lipinski definition) is 2. The molecule has 2 unspecified atom stereocenters. The van der Waals surface area contributed by atoms with E-state index in [0.717, 1.165) is 12.0 Å². The Kier molecular flexibility index (Phi) is 2.10. The van der Waals surface area contributed by atoms with Gasteiger partial charge in [-0.05, 0) is 12.0 Å². The van der Waals surface area contributed by atoms with E-state index in [9.17, 15) is 5.11 Å². The Morgan fingerprint density at radius 2 is 2.15 bits per heavy atom. The van der Waals surface area contributed by atoms with Gasteiger partial charge in [0.1, 0.15) is 5.60 Å². The first-order chi connectivity index (χ1) is 6.27. The lowest BCUT2D eigenvalue weighted by atomic mass is 9.83. The van der Waals surface area contributed by atoms with Crippen LogP contribution in [0.5, 0.6) is 0 Å². The van der Waals surface area contributed by atoms with E-state index in [4.69, 9.17) is 4.74 Å². The van der Waals surface area contributed by atoms with E-state index < -0.39 is 5.60 Å². The topological polar surface area (TPSA) is 29.5 Å². The lowest BCUT2D eigenvalue weighted by Gasteiger charge is -2.45. The van der Waals surface area contributed by atoms with E-state index in [1.54, 1.807) is 0 Å². The second-order valence-corrected chi connectivity index (χ2v) is 3.50. The summed E-state index contributed by atoms with van der Waals surface area (Å²) in [5.41, 5.74) is 0.226. The number of hydrogen-bond donors (Lipinski definition) is 1. The lowest BCUT2D eigenvalue weighted by molar-refractivity contribution is -0.245. The summed E-state index contributed by atoms with van der Waals surface area (Å²) in [5.74, 6) is 0. The average molecular weight is 178 g/mol. The van der Waals surface area contributed by atoms with Crippen molar-refractivity contribution in [2.45, 2.75) is 25.0 Å². The Labute approximate surface area is 78.2 Å². The van der Waals surface area contributed by atoms with Crippen molar-refractivity contribution in [3.8, 4) is 0 Å². The summed E-state index contributed by atoms with van der Waals surface area (Å²) in [7, 11) is 0. The first kappa shape index (κ1) is 8.73. The molecule has 2 nitrogen and oxygen atoms in total. The van der Waals surface area contributed by atoms with Gasteiger partial charge in [0, 0.05) is 0 Å². The van der Waals surface area contributed by atoms with Gasteiger partial charge in [-0.15, -0.1) is 0 Å². The van der Waals surface area contributed by atoms with Gasteiger partial charge in [0.05, 0.1) is 12.7 Å². The van der Waals surface area contributed by atoms with Crippen molar-refractivity contribution in [3.63, 3.8) is 0 Å². The highest BCUT2D eigenvalue weighted by molar-refractivity contribution is 5.26. The molecule has 2 atom stereocenters. The first-order valence-electron chi connectivity index (χ1n) is 4.67. The molecule has 0 bridgehead atoms. The van der Waals surface area contributed by atoms with E-state index in [0.29, 0.717) is 6.61 Å². The maximum Gasteiger partial charge on any atom is 0.139 e. The van der Waals surface area contributed by atoms with Crippen LogP contribution in [0.15, 0.2) is 30.3 Å². The van der Waals surface area contributed by atoms with E-state index in [2.05, 4.69) is 0 Å². The minimum absolute atomic E-state index is 0.0325. The van der Waals surface area contributed by atoms with Crippen LogP contribution < -0.4 is 0 Å². The van der Waals surface area contributed by atoms with E-state index in [1.165, 1.54) is 0 Å². The summed E-state index contributed by atoms with van der Waals surface area (Å²) in [6.07, 6.45) is 0.820. The Bertz CT molecular complexity index is 281. The zero-order chi connectivity index (χ0) is 9.31. The van der Waals surface area contributed by atoms with Crippen LogP contribution >= 0.6 is 0 Å². The van der Waals surface area contributed by atoms with Gasteiger partial charge < -0.3 is 9.84 Å². The molecule has 0 amide bonds. The van der Waals surface area contributed by atoms with Gasteiger partial charge in [0.25, 0.3) is 0 Å². The Balaban J connectivity index is 2.26. The van der Waals surface area contributed by atoms with Gasteiger partial charge >= 0.3 is 0 Å². The third kappa shape index (κ3) is 1.26. The molecule has 0 aliphatic carbocycles. The molecule has 1 aliphatic rings. The van der Waals surface area contributed by atoms with Crippen LogP contribution in [-0.4, -0.2) is 17.8 Å². The minimum Gasteiger partial charge on any atom is -0.380 e. The highest BCUT2D eigenvalue weighted by Gasteiger charge is 2.46. The molecule has 0 spiro atoms. The quantitative estimate of drug-likeness (QED) is 0.746. The molecule has 1 fully saturated rings. The average Bonchev–Trinajstić information content (AvgIpc) is 2.17. The second-order valence-electron chi connectivity index (χ2n) is 3.50. The molecule has 2 heteroatoms. The maximum absolute atomic E-state index is 10.2.